The van der Waals surface area contributed by atoms with Gasteiger partial charge in [0, 0.05) is 0 Å². The van der Waals surface area contributed by atoms with Crippen LogP contribution in [0.4, 0.5) is 5.82 Å². The zero-order chi connectivity index (χ0) is 11.4. The van der Waals surface area contributed by atoms with E-state index in [-0.39, 0.29) is 6.42 Å². The fourth-order valence-corrected chi connectivity index (χ4v) is 1.52. The largest absolute Gasteiger partial charge is 0.481 e. The van der Waals surface area contributed by atoms with Gasteiger partial charge in [0.1, 0.15) is 6.33 Å². The van der Waals surface area contributed by atoms with E-state index in [2.05, 4.69) is 9.97 Å². The molecular weight excluding hydrogens is 206 g/mol. The van der Waals surface area contributed by atoms with E-state index in [1.807, 2.05) is 29.6 Å². The summed E-state index contributed by atoms with van der Waals surface area (Å²) in [6, 6.07) is 7.67. The fraction of sp³-hybridized carbons (Fsp3) is 0.182. The SMILES string of the molecule is O=C(O)CC[NH2+]c1ncnc2ccccc12. The lowest BCUT2D eigenvalue weighted by molar-refractivity contribution is -0.572. The number of nitrogens with zero attached hydrogens (tertiary/aromatic N) is 2. The Labute approximate surface area is 92.2 Å². The van der Waals surface area contributed by atoms with Crippen LogP contribution < -0.4 is 5.32 Å². The summed E-state index contributed by atoms with van der Waals surface area (Å²) in [5.74, 6) is 0.00135. The minimum absolute atomic E-state index is 0.123. The molecule has 0 aliphatic heterocycles. The van der Waals surface area contributed by atoms with E-state index in [4.69, 9.17) is 5.11 Å². The van der Waals surface area contributed by atoms with Crippen LogP contribution in [0.2, 0.25) is 0 Å². The monoisotopic (exact) mass is 218 g/mol. The highest BCUT2D eigenvalue weighted by atomic mass is 16.4. The molecular formula is C11H12N3O2+. The number of hydrogen-bond donors (Lipinski definition) is 2. The first-order chi connectivity index (χ1) is 7.77. The maximum Gasteiger partial charge on any atom is 0.309 e. The quantitative estimate of drug-likeness (QED) is 0.773. The summed E-state index contributed by atoms with van der Waals surface area (Å²) in [4.78, 5) is 18.7. The number of rotatable bonds is 4. The number of aromatic nitrogens is 2. The van der Waals surface area contributed by atoms with Crippen molar-refractivity contribution in [3.8, 4) is 0 Å². The van der Waals surface area contributed by atoms with Gasteiger partial charge < -0.3 is 5.11 Å². The van der Waals surface area contributed by atoms with Crippen LogP contribution in [-0.2, 0) is 4.79 Å². The normalized spacial score (nSPS) is 10.5. The third kappa shape index (κ3) is 2.32. The maximum absolute atomic E-state index is 10.4. The van der Waals surface area contributed by atoms with E-state index in [0.29, 0.717) is 6.54 Å². The van der Waals surface area contributed by atoms with Crippen LogP contribution in [-0.4, -0.2) is 27.6 Å². The number of nitrogens with two attached hydrogens (primary N) is 1. The van der Waals surface area contributed by atoms with Gasteiger partial charge in [0.25, 0.3) is 0 Å². The number of para-hydroxylation sites is 1. The van der Waals surface area contributed by atoms with Gasteiger partial charge in [-0.05, 0) is 12.1 Å². The number of aliphatic carboxylic acids is 1. The van der Waals surface area contributed by atoms with Gasteiger partial charge >= 0.3 is 5.97 Å². The molecule has 2 rings (SSSR count). The van der Waals surface area contributed by atoms with Gasteiger partial charge in [-0.25, -0.2) is 4.98 Å². The maximum atomic E-state index is 10.4. The molecule has 2 aromatic rings. The van der Waals surface area contributed by atoms with Crippen LogP contribution in [0.15, 0.2) is 30.6 Å². The number of carboxylic acids is 1. The average Bonchev–Trinajstić information content (AvgIpc) is 2.29. The van der Waals surface area contributed by atoms with Crippen LogP contribution in [0.5, 0.6) is 0 Å². The second-order valence-corrected chi connectivity index (χ2v) is 3.41. The van der Waals surface area contributed by atoms with Gasteiger partial charge in [-0.15, -0.1) is 0 Å². The van der Waals surface area contributed by atoms with Crippen molar-refractivity contribution in [3.63, 3.8) is 0 Å². The lowest BCUT2D eigenvalue weighted by Gasteiger charge is -2.01. The summed E-state index contributed by atoms with van der Waals surface area (Å²) in [6.45, 7) is 0.482. The molecule has 0 amide bonds. The smallest absolute Gasteiger partial charge is 0.309 e. The van der Waals surface area contributed by atoms with Crippen LogP contribution in [0.3, 0.4) is 0 Å². The lowest BCUT2D eigenvalue weighted by Crippen LogP contribution is -2.78. The summed E-state index contributed by atoms with van der Waals surface area (Å²) in [7, 11) is 0. The molecule has 0 aliphatic rings. The van der Waals surface area contributed by atoms with Crippen LogP contribution >= 0.6 is 0 Å². The second-order valence-electron chi connectivity index (χ2n) is 3.41. The molecule has 0 fully saturated rings. The molecule has 82 valence electrons. The Morgan fingerprint density at radius 1 is 1.31 bits per heavy atom. The van der Waals surface area contributed by atoms with Gasteiger partial charge in [-0.3, -0.25) is 10.1 Å². The standard InChI is InChI=1S/C11H11N3O2/c15-10(16)5-6-12-11-8-3-1-2-4-9(8)13-7-14-11/h1-4,7H,5-6H2,(H,15,16)(H,12,13,14)/p+1. The molecule has 0 spiro atoms. The van der Waals surface area contributed by atoms with Gasteiger partial charge in [0.05, 0.1) is 23.9 Å². The van der Waals surface area contributed by atoms with E-state index in [9.17, 15) is 4.79 Å². The number of benzene rings is 1. The molecule has 0 bridgehead atoms. The Balaban J connectivity index is 2.20. The first-order valence-electron chi connectivity index (χ1n) is 5.02. The van der Waals surface area contributed by atoms with Crippen LogP contribution in [0.1, 0.15) is 6.42 Å². The number of carboxylic acid groups (broad SMARTS) is 1. The third-order valence-electron chi connectivity index (χ3n) is 2.27. The van der Waals surface area contributed by atoms with Crippen molar-refractivity contribution >= 4 is 22.7 Å². The van der Waals surface area contributed by atoms with Gasteiger partial charge in [-0.1, -0.05) is 12.1 Å². The predicted molar refractivity (Wildman–Crippen MR) is 58.2 cm³/mol. The van der Waals surface area contributed by atoms with Gasteiger partial charge in [-0.2, -0.15) is 4.98 Å². The van der Waals surface area contributed by atoms with Crippen molar-refractivity contribution < 1.29 is 15.2 Å². The zero-order valence-corrected chi connectivity index (χ0v) is 8.63. The predicted octanol–water partition coefficient (Wildman–Crippen LogP) is 0.299. The highest BCUT2D eigenvalue weighted by Crippen LogP contribution is 2.13. The molecule has 0 aliphatic carbocycles. The van der Waals surface area contributed by atoms with E-state index >= 15 is 0 Å². The summed E-state index contributed by atoms with van der Waals surface area (Å²) in [5, 5.41) is 11.3. The van der Waals surface area contributed by atoms with E-state index in [0.717, 1.165) is 16.7 Å². The minimum Gasteiger partial charge on any atom is -0.481 e. The van der Waals surface area contributed by atoms with Crippen molar-refractivity contribution in [3.05, 3.63) is 30.6 Å². The molecule has 5 heteroatoms. The Morgan fingerprint density at radius 3 is 2.94 bits per heavy atom. The fourth-order valence-electron chi connectivity index (χ4n) is 1.52. The van der Waals surface area contributed by atoms with Crippen molar-refractivity contribution in [2.45, 2.75) is 6.42 Å². The second kappa shape index (κ2) is 4.67. The highest BCUT2D eigenvalue weighted by molar-refractivity contribution is 5.85. The molecule has 1 aromatic heterocycles. The molecule has 16 heavy (non-hydrogen) atoms. The first-order valence-corrected chi connectivity index (χ1v) is 5.02. The molecule has 1 heterocycles. The molecule has 1 aromatic carbocycles. The topological polar surface area (TPSA) is 79.7 Å². The molecule has 3 N–H and O–H groups in total. The number of quaternary nitrogens is 1. The van der Waals surface area contributed by atoms with E-state index in [1.165, 1.54) is 6.33 Å². The Bertz CT molecular complexity index is 508. The number of carbonyl (C=O) groups is 1. The van der Waals surface area contributed by atoms with E-state index in [1.54, 1.807) is 0 Å². The Hall–Kier alpha value is -2.01. The molecule has 0 atom stereocenters. The zero-order valence-electron chi connectivity index (χ0n) is 8.63. The average molecular weight is 218 g/mol. The van der Waals surface area contributed by atoms with Crippen LogP contribution in [0, 0.1) is 0 Å². The lowest BCUT2D eigenvalue weighted by atomic mass is 10.2. The highest BCUT2D eigenvalue weighted by Gasteiger charge is 2.07. The molecule has 0 saturated heterocycles. The minimum atomic E-state index is -0.797. The molecule has 0 unspecified atom stereocenters. The van der Waals surface area contributed by atoms with E-state index < -0.39 is 5.97 Å². The molecule has 5 nitrogen and oxygen atoms in total. The summed E-state index contributed by atoms with van der Waals surface area (Å²) < 4.78 is 0. The van der Waals surface area contributed by atoms with Crippen molar-refractivity contribution in [2.24, 2.45) is 0 Å². The van der Waals surface area contributed by atoms with Gasteiger partial charge in [0.15, 0.2) is 0 Å². The van der Waals surface area contributed by atoms with Gasteiger partial charge in [0.2, 0.25) is 5.82 Å². The Morgan fingerprint density at radius 2 is 2.12 bits per heavy atom. The van der Waals surface area contributed by atoms with Crippen molar-refractivity contribution in [1.82, 2.24) is 9.97 Å². The molecule has 0 saturated carbocycles. The summed E-state index contributed by atoms with van der Waals surface area (Å²) in [5.41, 5.74) is 0.874. The third-order valence-corrected chi connectivity index (χ3v) is 2.27. The van der Waals surface area contributed by atoms with Crippen molar-refractivity contribution in [1.29, 1.82) is 0 Å². The summed E-state index contributed by atoms with van der Waals surface area (Å²) in [6.07, 6.45) is 1.62. The Kier molecular flexibility index (Phi) is 3.07. The summed E-state index contributed by atoms with van der Waals surface area (Å²) >= 11 is 0. The first kappa shape index (κ1) is 10.5. The number of hydrogen-bond acceptors (Lipinski definition) is 3. The number of fused-ring (bicyclic) bond motifs is 1. The van der Waals surface area contributed by atoms with Crippen molar-refractivity contribution in [2.75, 3.05) is 6.54 Å². The van der Waals surface area contributed by atoms with Crippen LogP contribution in [0.25, 0.3) is 10.9 Å². The molecule has 0 radical (unpaired) electrons.